The minimum atomic E-state index is -1.07. The highest BCUT2D eigenvalue weighted by Crippen LogP contribution is 2.25. The third kappa shape index (κ3) is 7.68. The highest BCUT2D eigenvalue weighted by Gasteiger charge is 2.15. The zero-order valence-corrected chi connectivity index (χ0v) is 25.9. The molecule has 6 rings (SSSR count). The fourth-order valence-electron chi connectivity index (χ4n) is 5.23. The molecule has 0 aliphatic heterocycles. The lowest BCUT2D eigenvalue weighted by molar-refractivity contribution is 0.0593. The maximum absolute atomic E-state index is 13.1. The first-order chi connectivity index (χ1) is 22.7. The third-order valence-electron chi connectivity index (χ3n) is 7.45. The van der Waals surface area contributed by atoms with Crippen molar-refractivity contribution in [3.8, 4) is 0 Å². The number of fused-ring (bicyclic) bond motifs is 2. The van der Waals surface area contributed by atoms with Gasteiger partial charge >= 0.3 is 11.9 Å². The number of hydrogen-bond donors (Lipinski definition) is 1. The number of nitrogens with zero attached hydrogens (tertiary/aromatic N) is 4. The molecular weight excluding hydrogens is 610 g/mol. The van der Waals surface area contributed by atoms with E-state index in [1.807, 2.05) is 21.5 Å². The van der Waals surface area contributed by atoms with Crippen LogP contribution < -0.4 is 0 Å². The van der Waals surface area contributed by atoms with Crippen LogP contribution in [0.3, 0.4) is 0 Å². The molecule has 0 spiro atoms. The monoisotopic (exact) mass is 642 g/mol. The van der Waals surface area contributed by atoms with Crippen LogP contribution in [-0.2, 0) is 40.5 Å². The average molecular weight is 643 g/mol. The summed E-state index contributed by atoms with van der Waals surface area (Å²) >= 11 is 0. The minimum Gasteiger partial charge on any atom is -0.477 e. The second-order valence-corrected chi connectivity index (χ2v) is 10.7. The number of halogens is 2. The first-order valence-corrected chi connectivity index (χ1v) is 14.4. The molecule has 4 aromatic heterocycles. The van der Waals surface area contributed by atoms with Crippen LogP contribution in [0.1, 0.15) is 43.2 Å². The Labute approximate surface area is 268 Å². The summed E-state index contributed by atoms with van der Waals surface area (Å²) in [7, 11) is 4.53. The Hall–Kier alpha value is -5.46. The van der Waals surface area contributed by atoms with E-state index in [1.54, 1.807) is 63.0 Å². The zero-order chi connectivity index (χ0) is 33.5. The highest BCUT2D eigenvalue weighted by molar-refractivity contribution is 5.94. The van der Waals surface area contributed by atoms with Gasteiger partial charge in [0.1, 0.15) is 23.0 Å². The molecule has 4 heterocycles. The van der Waals surface area contributed by atoms with Crippen LogP contribution in [0.4, 0.5) is 8.78 Å². The summed E-state index contributed by atoms with van der Waals surface area (Å²) in [5, 5.41) is 10.8. The molecule has 0 unspecified atom stereocenters. The summed E-state index contributed by atoms with van der Waals surface area (Å²) < 4.78 is 45.2. The number of esters is 1. The maximum Gasteiger partial charge on any atom is 0.356 e. The summed E-state index contributed by atoms with van der Waals surface area (Å²) in [6.45, 7) is 1.89. The van der Waals surface area contributed by atoms with Gasteiger partial charge in [-0.2, -0.15) is 0 Å². The number of hydrogen-bond acceptors (Lipinski definition) is 7. The second kappa shape index (κ2) is 14.8. The van der Waals surface area contributed by atoms with Crippen LogP contribution in [0.25, 0.3) is 21.8 Å². The predicted molar refractivity (Wildman–Crippen MR) is 170 cm³/mol. The molecule has 0 radical (unpaired) electrons. The van der Waals surface area contributed by atoms with E-state index in [0.717, 1.165) is 44.1 Å². The standard InChI is InChI=1S/C18H17FN2O3.C17H15FN2O3/c1-23-11-13-10-21(9-12-3-5-14(19)6-4-12)17-8-20-16(7-15(13)17)18(22)24-2;1-23-10-12-9-20(8-11-2-4-13(18)5-3-11)16-7-19-15(17(21)22)6-14(12)16/h3-8,10H,9,11H2,1-2H3;2-7,9H,8,10H2,1H3,(H,21,22). The van der Waals surface area contributed by atoms with Crippen molar-refractivity contribution < 1.29 is 37.7 Å². The van der Waals surface area contributed by atoms with Gasteiger partial charge in [-0.25, -0.2) is 28.3 Å². The molecule has 47 heavy (non-hydrogen) atoms. The summed E-state index contributed by atoms with van der Waals surface area (Å²) in [6, 6.07) is 15.9. The number of ether oxygens (including phenoxy) is 3. The lowest BCUT2D eigenvalue weighted by atomic mass is 10.2. The van der Waals surface area contributed by atoms with Crippen molar-refractivity contribution in [2.75, 3.05) is 21.3 Å². The molecule has 2 aromatic carbocycles. The van der Waals surface area contributed by atoms with Gasteiger partial charge in [-0.15, -0.1) is 0 Å². The number of carbonyl (C=O) groups is 2. The van der Waals surface area contributed by atoms with Crippen molar-refractivity contribution >= 4 is 33.7 Å². The summed E-state index contributed by atoms with van der Waals surface area (Å²) in [4.78, 5) is 31.0. The number of methoxy groups -OCH3 is 3. The van der Waals surface area contributed by atoms with Gasteiger partial charge in [0.15, 0.2) is 0 Å². The van der Waals surface area contributed by atoms with Gasteiger partial charge in [0, 0.05) is 61.6 Å². The molecule has 0 amide bonds. The van der Waals surface area contributed by atoms with Crippen molar-refractivity contribution in [2.24, 2.45) is 0 Å². The van der Waals surface area contributed by atoms with E-state index in [0.29, 0.717) is 26.3 Å². The molecule has 0 saturated heterocycles. The van der Waals surface area contributed by atoms with Gasteiger partial charge in [-0.1, -0.05) is 24.3 Å². The van der Waals surface area contributed by atoms with Gasteiger partial charge in [0.25, 0.3) is 0 Å². The number of benzene rings is 2. The van der Waals surface area contributed by atoms with E-state index in [-0.39, 0.29) is 23.0 Å². The molecule has 0 aliphatic carbocycles. The van der Waals surface area contributed by atoms with Crippen molar-refractivity contribution in [3.63, 3.8) is 0 Å². The molecule has 0 atom stereocenters. The van der Waals surface area contributed by atoms with E-state index < -0.39 is 11.9 Å². The normalized spacial score (nSPS) is 11.0. The van der Waals surface area contributed by atoms with Gasteiger partial charge in [-0.3, -0.25) is 0 Å². The van der Waals surface area contributed by atoms with Crippen molar-refractivity contribution in [3.05, 3.63) is 131 Å². The Morgan fingerprint density at radius 1 is 0.702 bits per heavy atom. The summed E-state index contributed by atoms with van der Waals surface area (Å²) in [5.74, 6) is -2.09. The average Bonchev–Trinajstić information content (AvgIpc) is 3.59. The van der Waals surface area contributed by atoms with Gasteiger partial charge in [0.05, 0.1) is 43.8 Å². The van der Waals surface area contributed by atoms with E-state index in [9.17, 15) is 18.4 Å². The van der Waals surface area contributed by atoms with Gasteiger partial charge < -0.3 is 28.5 Å². The number of carboxylic acid groups (broad SMARTS) is 1. The molecule has 6 aromatic rings. The Morgan fingerprint density at radius 3 is 1.53 bits per heavy atom. The smallest absolute Gasteiger partial charge is 0.356 e. The fourth-order valence-corrected chi connectivity index (χ4v) is 5.23. The van der Waals surface area contributed by atoms with Gasteiger partial charge in [-0.05, 0) is 47.5 Å². The first-order valence-electron chi connectivity index (χ1n) is 14.4. The predicted octanol–water partition coefficient (Wildman–Crippen LogP) is 6.23. The lowest BCUT2D eigenvalue weighted by Crippen LogP contribution is -2.04. The third-order valence-corrected chi connectivity index (χ3v) is 7.45. The quantitative estimate of drug-likeness (QED) is 0.175. The molecule has 12 heteroatoms. The lowest BCUT2D eigenvalue weighted by Gasteiger charge is -2.06. The zero-order valence-electron chi connectivity index (χ0n) is 25.9. The van der Waals surface area contributed by atoms with Crippen molar-refractivity contribution in [1.29, 1.82) is 0 Å². The molecule has 1 N–H and O–H groups in total. The number of carboxylic acids is 1. The van der Waals surface area contributed by atoms with E-state index in [4.69, 9.17) is 19.3 Å². The van der Waals surface area contributed by atoms with Crippen molar-refractivity contribution in [1.82, 2.24) is 19.1 Å². The number of rotatable bonds is 10. The van der Waals surface area contributed by atoms with Crippen LogP contribution in [0, 0.1) is 11.6 Å². The molecule has 10 nitrogen and oxygen atoms in total. The van der Waals surface area contributed by atoms with Crippen LogP contribution in [0.15, 0.2) is 85.5 Å². The highest BCUT2D eigenvalue weighted by atomic mass is 19.1. The Bertz CT molecular complexity index is 2020. The first kappa shape index (κ1) is 32.9. The Balaban J connectivity index is 0.000000185. The van der Waals surface area contributed by atoms with E-state index in [1.165, 1.54) is 31.4 Å². The van der Waals surface area contributed by atoms with E-state index >= 15 is 0 Å². The van der Waals surface area contributed by atoms with Gasteiger partial charge in [0.2, 0.25) is 0 Å². The summed E-state index contributed by atoms with van der Waals surface area (Å²) in [6.07, 6.45) is 7.05. The molecule has 242 valence electrons. The maximum atomic E-state index is 13.1. The fraction of sp³-hybridized carbons (Fsp3) is 0.200. The molecular formula is C35H32F2N4O6. The van der Waals surface area contributed by atoms with Crippen LogP contribution in [0.5, 0.6) is 0 Å². The summed E-state index contributed by atoms with van der Waals surface area (Å²) in [5.41, 5.74) is 5.67. The SMILES string of the molecule is COCc1cn(Cc2ccc(F)cc2)c2cnc(C(=O)O)cc12.COCc1cn(Cc2ccc(F)cc2)c2cnc(C(=O)OC)cc12. The largest absolute Gasteiger partial charge is 0.477 e. The van der Waals surface area contributed by atoms with E-state index in [2.05, 4.69) is 9.97 Å². The number of aromatic carboxylic acids is 1. The number of aromatic nitrogens is 4. The van der Waals surface area contributed by atoms with Crippen LogP contribution in [-0.4, -0.2) is 57.5 Å². The topological polar surface area (TPSA) is 118 Å². The number of pyridine rings is 2. The number of carbonyl (C=O) groups excluding carboxylic acids is 1. The Morgan fingerprint density at radius 2 is 1.13 bits per heavy atom. The second-order valence-electron chi connectivity index (χ2n) is 10.7. The molecule has 0 fully saturated rings. The minimum absolute atomic E-state index is 0.00520. The molecule has 0 aliphatic rings. The molecule has 0 bridgehead atoms. The molecule has 0 saturated carbocycles. The Kier molecular flexibility index (Phi) is 10.3. The van der Waals surface area contributed by atoms with Crippen LogP contribution in [0.2, 0.25) is 0 Å². The van der Waals surface area contributed by atoms with Crippen LogP contribution >= 0.6 is 0 Å². The van der Waals surface area contributed by atoms with Crippen molar-refractivity contribution in [2.45, 2.75) is 26.3 Å².